The van der Waals surface area contributed by atoms with Gasteiger partial charge in [-0.05, 0) is 57.3 Å². The van der Waals surface area contributed by atoms with Crippen LogP contribution in [0.15, 0.2) is 194 Å². The van der Waals surface area contributed by atoms with Gasteiger partial charge in [0.15, 0.2) is 17.5 Å². The highest BCUT2D eigenvalue weighted by molar-refractivity contribution is 6.09. The van der Waals surface area contributed by atoms with E-state index < -0.39 is 0 Å². The molecule has 0 N–H and O–H groups in total. The van der Waals surface area contributed by atoms with Crippen LogP contribution in [0.5, 0.6) is 0 Å². The summed E-state index contributed by atoms with van der Waals surface area (Å²) in [5.41, 5.74) is 10.7. The maximum atomic E-state index is 5.25. The third kappa shape index (κ3) is 5.45. The predicted molar refractivity (Wildman–Crippen MR) is 219 cm³/mol. The van der Waals surface area contributed by atoms with Crippen LogP contribution in [-0.4, -0.2) is 19.5 Å². The second-order valence-electron chi connectivity index (χ2n) is 13.2. The highest BCUT2D eigenvalue weighted by Gasteiger charge is 2.20. The Bertz CT molecular complexity index is 2870. The van der Waals surface area contributed by atoms with Gasteiger partial charge < -0.3 is 4.57 Å². The molecule has 0 aliphatic heterocycles. The van der Waals surface area contributed by atoms with E-state index in [4.69, 9.17) is 15.0 Å². The van der Waals surface area contributed by atoms with Crippen molar-refractivity contribution < 1.29 is 0 Å². The molecule has 0 unspecified atom stereocenters. The number of hydrogen-bond donors (Lipinski definition) is 0. The molecule has 0 amide bonds. The maximum absolute atomic E-state index is 5.25. The molecule has 10 aromatic rings. The Hall–Kier alpha value is -7.17. The number of rotatable bonds is 6. The smallest absolute Gasteiger partial charge is 0.166 e. The summed E-state index contributed by atoms with van der Waals surface area (Å²) in [4.78, 5) is 15.5. The van der Waals surface area contributed by atoms with Gasteiger partial charge in [-0.2, -0.15) is 0 Å². The molecule has 248 valence electrons. The zero-order valence-corrected chi connectivity index (χ0v) is 28.8. The normalized spacial score (nSPS) is 11.4. The fraction of sp³-hybridized carbons (Fsp3) is 0. The number of fused-ring (bicyclic) bond motifs is 4. The average Bonchev–Trinajstić information content (AvgIpc) is 3.58. The summed E-state index contributed by atoms with van der Waals surface area (Å²) in [6, 6.07) is 68.1. The van der Waals surface area contributed by atoms with Crippen molar-refractivity contribution in [3.05, 3.63) is 194 Å². The van der Waals surface area contributed by atoms with Gasteiger partial charge in [0.1, 0.15) is 0 Å². The van der Waals surface area contributed by atoms with Crippen LogP contribution in [0.25, 0.3) is 94.7 Å². The molecule has 0 aliphatic rings. The zero-order valence-electron chi connectivity index (χ0n) is 28.8. The van der Waals surface area contributed by atoms with Crippen molar-refractivity contribution in [3.63, 3.8) is 0 Å². The van der Waals surface area contributed by atoms with Crippen molar-refractivity contribution in [2.75, 3.05) is 0 Å². The number of hydrogen-bond acceptors (Lipinski definition) is 3. The minimum Gasteiger partial charge on any atom is -0.308 e. The number of para-hydroxylation sites is 2. The van der Waals surface area contributed by atoms with Crippen LogP contribution < -0.4 is 0 Å². The Morgan fingerprint density at radius 2 is 0.792 bits per heavy atom. The van der Waals surface area contributed by atoms with E-state index in [0.29, 0.717) is 17.5 Å². The number of benzene rings is 8. The van der Waals surface area contributed by atoms with Crippen molar-refractivity contribution in [1.29, 1.82) is 0 Å². The van der Waals surface area contributed by atoms with Crippen LogP contribution in [0.2, 0.25) is 0 Å². The fourth-order valence-corrected chi connectivity index (χ4v) is 7.52. The van der Waals surface area contributed by atoms with Crippen LogP contribution in [0.4, 0.5) is 0 Å². The Morgan fingerprint density at radius 3 is 1.47 bits per heavy atom. The predicted octanol–water partition coefficient (Wildman–Crippen LogP) is 12.5. The molecule has 8 aromatic carbocycles. The second kappa shape index (κ2) is 12.9. The average molecular weight is 677 g/mol. The molecule has 2 heterocycles. The van der Waals surface area contributed by atoms with E-state index in [-0.39, 0.29) is 0 Å². The summed E-state index contributed by atoms with van der Waals surface area (Å²) in [6.45, 7) is 0. The van der Waals surface area contributed by atoms with E-state index >= 15 is 0 Å². The highest BCUT2D eigenvalue weighted by atomic mass is 15.1. The van der Waals surface area contributed by atoms with Gasteiger partial charge in [-0.15, -0.1) is 0 Å². The first-order valence-electron chi connectivity index (χ1n) is 17.9. The van der Waals surface area contributed by atoms with Crippen LogP contribution in [0.3, 0.4) is 0 Å². The molecule has 0 radical (unpaired) electrons. The van der Waals surface area contributed by atoms with Gasteiger partial charge in [-0.3, -0.25) is 0 Å². The van der Waals surface area contributed by atoms with Gasteiger partial charge in [-0.1, -0.05) is 170 Å². The Labute approximate surface area is 307 Å². The summed E-state index contributed by atoms with van der Waals surface area (Å²) in [5.74, 6) is 1.87. The van der Waals surface area contributed by atoms with Gasteiger partial charge in [0.2, 0.25) is 0 Å². The van der Waals surface area contributed by atoms with Crippen molar-refractivity contribution in [2.45, 2.75) is 0 Å². The van der Waals surface area contributed by atoms with E-state index in [9.17, 15) is 0 Å². The van der Waals surface area contributed by atoms with Crippen molar-refractivity contribution in [2.24, 2.45) is 0 Å². The Kier molecular flexibility index (Phi) is 7.43. The molecule has 0 fully saturated rings. The lowest BCUT2D eigenvalue weighted by Crippen LogP contribution is -2.04. The molecule has 4 nitrogen and oxygen atoms in total. The first-order valence-corrected chi connectivity index (χ1v) is 17.9. The summed E-state index contributed by atoms with van der Waals surface area (Å²) in [6.07, 6.45) is 0. The standard InChI is InChI=1S/C49H32N4/c1-3-14-33(15-4-1)38-30-31-43(46(32-38)53-44-24-11-9-21-41(44)42-22-10-12-25-45(42)53)49-51-47(36-17-5-2-6-18-36)50-48(52-49)37-28-26-35(27-29-37)40-23-13-19-34-16-7-8-20-39(34)40/h1-32H. The highest BCUT2D eigenvalue weighted by Crippen LogP contribution is 2.38. The molecule has 0 bridgehead atoms. The van der Waals surface area contributed by atoms with Crippen LogP contribution in [0, 0.1) is 0 Å². The lowest BCUT2D eigenvalue weighted by Gasteiger charge is -2.16. The Balaban J connectivity index is 1.19. The van der Waals surface area contributed by atoms with Crippen molar-refractivity contribution in [1.82, 2.24) is 19.5 Å². The van der Waals surface area contributed by atoms with Crippen LogP contribution in [0.1, 0.15) is 0 Å². The second-order valence-corrected chi connectivity index (χ2v) is 13.2. The summed E-state index contributed by atoms with van der Waals surface area (Å²) >= 11 is 0. The largest absolute Gasteiger partial charge is 0.308 e. The molecule has 0 atom stereocenters. The summed E-state index contributed by atoms with van der Waals surface area (Å²) < 4.78 is 2.36. The summed E-state index contributed by atoms with van der Waals surface area (Å²) in [7, 11) is 0. The topological polar surface area (TPSA) is 43.6 Å². The quantitative estimate of drug-likeness (QED) is 0.176. The first kappa shape index (κ1) is 30.6. The van der Waals surface area contributed by atoms with Crippen LogP contribution >= 0.6 is 0 Å². The van der Waals surface area contributed by atoms with E-state index in [1.54, 1.807) is 0 Å². The molecule has 4 heteroatoms. The Morgan fingerprint density at radius 1 is 0.302 bits per heavy atom. The minimum absolute atomic E-state index is 0.614. The lowest BCUT2D eigenvalue weighted by atomic mass is 9.97. The van der Waals surface area contributed by atoms with E-state index in [1.165, 1.54) is 27.1 Å². The third-order valence-electron chi connectivity index (χ3n) is 10.1. The monoisotopic (exact) mass is 676 g/mol. The molecule has 2 aromatic heterocycles. The molecule has 0 saturated heterocycles. The SMILES string of the molecule is c1ccc(-c2ccc(-c3nc(-c4ccccc4)nc(-c4ccc(-c5cccc6ccccc56)cc4)n3)c(-n3c4ccccc4c4ccccc43)c2)cc1. The molecule has 10 rings (SSSR count). The molecule has 0 aliphatic carbocycles. The molecule has 0 saturated carbocycles. The molecular weight excluding hydrogens is 645 g/mol. The number of nitrogens with zero attached hydrogens (tertiary/aromatic N) is 4. The van der Waals surface area contributed by atoms with Gasteiger partial charge in [-0.25, -0.2) is 15.0 Å². The van der Waals surface area contributed by atoms with Crippen molar-refractivity contribution >= 4 is 32.6 Å². The van der Waals surface area contributed by atoms with Crippen LogP contribution in [-0.2, 0) is 0 Å². The lowest BCUT2D eigenvalue weighted by molar-refractivity contribution is 1.06. The van der Waals surface area contributed by atoms with E-state index in [0.717, 1.165) is 50.1 Å². The number of aromatic nitrogens is 4. The van der Waals surface area contributed by atoms with E-state index in [1.807, 2.05) is 18.2 Å². The fourth-order valence-electron chi connectivity index (χ4n) is 7.52. The third-order valence-corrected chi connectivity index (χ3v) is 10.1. The van der Waals surface area contributed by atoms with Gasteiger partial charge >= 0.3 is 0 Å². The van der Waals surface area contributed by atoms with E-state index in [2.05, 4.69) is 180 Å². The minimum atomic E-state index is 0.614. The summed E-state index contributed by atoms with van der Waals surface area (Å²) in [5, 5.41) is 4.85. The van der Waals surface area contributed by atoms with Gasteiger partial charge in [0.25, 0.3) is 0 Å². The van der Waals surface area contributed by atoms with Gasteiger partial charge in [0, 0.05) is 27.5 Å². The first-order chi connectivity index (χ1) is 26.3. The molecule has 0 spiro atoms. The maximum Gasteiger partial charge on any atom is 0.166 e. The molecular formula is C49H32N4. The molecule has 53 heavy (non-hydrogen) atoms. The van der Waals surface area contributed by atoms with Gasteiger partial charge in [0.05, 0.1) is 16.7 Å². The van der Waals surface area contributed by atoms with Crippen molar-refractivity contribution in [3.8, 4) is 62.1 Å². The zero-order chi connectivity index (χ0) is 35.1.